The van der Waals surface area contributed by atoms with E-state index in [0.29, 0.717) is 17.9 Å². The third-order valence-electron chi connectivity index (χ3n) is 3.29. The Balaban J connectivity index is 1.88. The number of nitriles is 1. The standard InChI is InChI=1S/C19H18N2O4S/c1-24-12-14-6-8-15(9-7-14)19(23)25-13-18(22)21-16-4-2-3-5-17(16)26-11-10-20/h2-9H,11-13H2,1H3,(H,21,22). The zero-order valence-electron chi connectivity index (χ0n) is 14.2. The molecule has 2 aromatic carbocycles. The van der Waals surface area contributed by atoms with Crippen LogP contribution in [0.1, 0.15) is 15.9 Å². The van der Waals surface area contributed by atoms with Crippen molar-refractivity contribution in [3.8, 4) is 6.07 Å². The SMILES string of the molecule is COCc1ccc(C(=O)OCC(=O)Nc2ccccc2SCC#N)cc1. The molecule has 6 nitrogen and oxygen atoms in total. The molecule has 0 aliphatic carbocycles. The van der Waals surface area contributed by atoms with Crippen molar-refractivity contribution in [2.24, 2.45) is 0 Å². The highest BCUT2D eigenvalue weighted by atomic mass is 32.2. The number of carbonyl (C=O) groups excluding carboxylic acids is 2. The second-order valence-corrected chi connectivity index (χ2v) is 6.21. The van der Waals surface area contributed by atoms with Crippen LogP contribution >= 0.6 is 11.8 Å². The van der Waals surface area contributed by atoms with Crippen molar-refractivity contribution in [1.82, 2.24) is 0 Å². The highest BCUT2D eigenvalue weighted by molar-refractivity contribution is 7.99. The second kappa shape index (κ2) is 10.2. The van der Waals surface area contributed by atoms with Crippen molar-refractivity contribution < 1.29 is 19.1 Å². The molecule has 134 valence electrons. The Bertz CT molecular complexity index is 800. The molecule has 26 heavy (non-hydrogen) atoms. The summed E-state index contributed by atoms with van der Waals surface area (Å²) in [6, 6.07) is 16.0. The van der Waals surface area contributed by atoms with E-state index in [1.165, 1.54) is 11.8 Å². The highest BCUT2D eigenvalue weighted by Gasteiger charge is 2.12. The van der Waals surface area contributed by atoms with Gasteiger partial charge in [-0.25, -0.2) is 4.79 Å². The van der Waals surface area contributed by atoms with Crippen molar-refractivity contribution >= 4 is 29.3 Å². The number of thioether (sulfide) groups is 1. The van der Waals surface area contributed by atoms with Crippen molar-refractivity contribution in [2.75, 3.05) is 24.8 Å². The lowest BCUT2D eigenvalue weighted by atomic mass is 10.1. The molecule has 0 saturated heterocycles. The van der Waals surface area contributed by atoms with Crippen LogP contribution in [0, 0.1) is 11.3 Å². The van der Waals surface area contributed by atoms with Crippen molar-refractivity contribution in [1.29, 1.82) is 5.26 Å². The lowest BCUT2D eigenvalue weighted by molar-refractivity contribution is -0.119. The quantitative estimate of drug-likeness (QED) is 0.567. The van der Waals surface area contributed by atoms with Gasteiger partial charge in [-0.1, -0.05) is 24.3 Å². The number of anilines is 1. The van der Waals surface area contributed by atoms with Crippen LogP contribution < -0.4 is 5.32 Å². The molecule has 7 heteroatoms. The van der Waals surface area contributed by atoms with Gasteiger partial charge < -0.3 is 14.8 Å². The van der Waals surface area contributed by atoms with Gasteiger partial charge in [0, 0.05) is 12.0 Å². The van der Waals surface area contributed by atoms with E-state index in [0.717, 1.165) is 10.5 Å². The Morgan fingerprint density at radius 3 is 2.58 bits per heavy atom. The van der Waals surface area contributed by atoms with Crippen LogP contribution in [0.3, 0.4) is 0 Å². The molecule has 0 aliphatic rings. The molecule has 0 unspecified atom stereocenters. The summed E-state index contributed by atoms with van der Waals surface area (Å²) in [6.45, 7) is 0.0663. The van der Waals surface area contributed by atoms with E-state index in [-0.39, 0.29) is 5.75 Å². The smallest absolute Gasteiger partial charge is 0.338 e. The molecule has 0 spiro atoms. The van der Waals surface area contributed by atoms with Gasteiger partial charge in [0.15, 0.2) is 6.61 Å². The summed E-state index contributed by atoms with van der Waals surface area (Å²) in [4.78, 5) is 24.8. The zero-order chi connectivity index (χ0) is 18.8. The van der Waals surface area contributed by atoms with Crippen LogP contribution in [0.15, 0.2) is 53.4 Å². The van der Waals surface area contributed by atoms with Crippen LogP contribution in [0.2, 0.25) is 0 Å². The Kier molecular flexibility index (Phi) is 7.68. The molecule has 0 aliphatic heterocycles. The predicted molar refractivity (Wildman–Crippen MR) is 98.8 cm³/mol. The van der Waals surface area contributed by atoms with E-state index in [1.54, 1.807) is 43.5 Å². The molecule has 0 aromatic heterocycles. The topological polar surface area (TPSA) is 88.4 Å². The number of amides is 1. The van der Waals surface area contributed by atoms with Crippen LogP contribution in [-0.4, -0.2) is 31.3 Å². The fraction of sp³-hybridized carbons (Fsp3) is 0.211. The number of esters is 1. The Labute approximate surface area is 156 Å². The van der Waals surface area contributed by atoms with E-state index >= 15 is 0 Å². The average Bonchev–Trinajstić information content (AvgIpc) is 2.66. The highest BCUT2D eigenvalue weighted by Crippen LogP contribution is 2.26. The second-order valence-electron chi connectivity index (χ2n) is 5.20. The minimum Gasteiger partial charge on any atom is -0.452 e. The van der Waals surface area contributed by atoms with Crippen LogP contribution in [0.5, 0.6) is 0 Å². The number of para-hydroxylation sites is 1. The number of ether oxygens (including phenoxy) is 2. The number of nitrogens with one attached hydrogen (secondary N) is 1. The van der Waals surface area contributed by atoms with Gasteiger partial charge in [-0.05, 0) is 29.8 Å². The Morgan fingerprint density at radius 2 is 1.88 bits per heavy atom. The van der Waals surface area contributed by atoms with Gasteiger partial charge in [0.05, 0.1) is 29.7 Å². The molecule has 0 fully saturated rings. The number of hydrogen-bond donors (Lipinski definition) is 1. The van der Waals surface area contributed by atoms with E-state index in [4.69, 9.17) is 14.7 Å². The third kappa shape index (κ3) is 5.92. The van der Waals surface area contributed by atoms with Crippen LogP contribution in [-0.2, 0) is 20.9 Å². The number of benzene rings is 2. The molecule has 0 heterocycles. The lowest BCUT2D eigenvalue weighted by Crippen LogP contribution is -2.21. The lowest BCUT2D eigenvalue weighted by Gasteiger charge is -2.10. The summed E-state index contributed by atoms with van der Waals surface area (Å²) in [7, 11) is 1.60. The summed E-state index contributed by atoms with van der Waals surface area (Å²) < 4.78 is 10.1. The third-order valence-corrected chi connectivity index (χ3v) is 4.23. The minimum atomic E-state index is -0.573. The molecular weight excluding hydrogens is 352 g/mol. The molecule has 2 aromatic rings. The van der Waals surface area contributed by atoms with Gasteiger partial charge in [-0.15, -0.1) is 11.8 Å². The molecule has 0 radical (unpaired) electrons. The zero-order valence-corrected chi connectivity index (χ0v) is 15.0. The van der Waals surface area contributed by atoms with Gasteiger partial charge in [0.25, 0.3) is 5.91 Å². The molecule has 1 amide bonds. The summed E-state index contributed by atoms with van der Waals surface area (Å²) in [6.07, 6.45) is 0. The number of rotatable bonds is 8. The van der Waals surface area contributed by atoms with Crippen molar-refractivity contribution in [3.63, 3.8) is 0 Å². The van der Waals surface area contributed by atoms with E-state index in [1.807, 2.05) is 18.2 Å². The summed E-state index contributed by atoms with van der Waals surface area (Å²) in [5.74, 6) is -0.739. The van der Waals surface area contributed by atoms with Gasteiger partial charge in [0.2, 0.25) is 0 Å². The summed E-state index contributed by atoms with van der Waals surface area (Å²) in [5.41, 5.74) is 1.88. The maximum absolute atomic E-state index is 12.0. The van der Waals surface area contributed by atoms with Gasteiger partial charge in [0.1, 0.15) is 0 Å². The molecule has 1 N–H and O–H groups in total. The first-order chi connectivity index (χ1) is 12.6. The number of hydrogen-bond acceptors (Lipinski definition) is 6. The fourth-order valence-corrected chi connectivity index (χ4v) is 2.78. The summed E-state index contributed by atoms with van der Waals surface area (Å²) in [5, 5.41) is 11.4. The van der Waals surface area contributed by atoms with Crippen LogP contribution in [0.25, 0.3) is 0 Å². The molecule has 0 bridgehead atoms. The van der Waals surface area contributed by atoms with Crippen LogP contribution in [0.4, 0.5) is 5.69 Å². The maximum atomic E-state index is 12.0. The molecule has 0 saturated carbocycles. The largest absolute Gasteiger partial charge is 0.452 e. The first-order valence-electron chi connectivity index (χ1n) is 7.77. The average molecular weight is 370 g/mol. The Hall–Kier alpha value is -2.82. The van der Waals surface area contributed by atoms with E-state index in [9.17, 15) is 9.59 Å². The monoisotopic (exact) mass is 370 g/mol. The first kappa shape index (κ1) is 19.5. The van der Waals surface area contributed by atoms with E-state index in [2.05, 4.69) is 5.32 Å². The van der Waals surface area contributed by atoms with Gasteiger partial charge in [-0.3, -0.25) is 4.79 Å². The maximum Gasteiger partial charge on any atom is 0.338 e. The van der Waals surface area contributed by atoms with Crippen molar-refractivity contribution in [2.45, 2.75) is 11.5 Å². The molecule has 2 rings (SSSR count). The van der Waals surface area contributed by atoms with Gasteiger partial charge in [-0.2, -0.15) is 5.26 Å². The van der Waals surface area contributed by atoms with Crippen molar-refractivity contribution in [3.05, 3.63) is 59.7 Å². The minimum absolute atomic E-state index is 0.279. The number of nitrogens with zero attached hydrogens (tertiary/aromatic N) is 1. The normalized spacial score (nSPS) is 10.0. The van der Waals surface area contributed by atoms with E-state index < -0.39 is 18.5 Å². The predicted octanol–water partition coefficient (Wildman–Crippen LogP) is 3.24. The first-order valence-corrected chi connectivity index (χ1v) is 8.76. The Morgan fingerprint density at radius 1 is 1.15 bits per heavy atom. The molecular formula is C19H18N2O4S. The fourth-order valence-electron chi connectivity index (χ4n) is 2.11. The number of methoxy groups -OCH3 is 1. The van der Waals surface area contributed by atoms with Gasteiger partial charge >= 0.3 is 5.97 Å². The summed E-state index contributed by atoms with van der Waals surface area (Å²) >= 11 is 1.32. The molecule has 0 atom stereocenters. The number of carbonyl (C=O) groups is 2.